The molecule has 0 bridgehead atoms. The summed E-state index contributed by atoms with van der Waals surface area (Å²) in [7, 11) is 0. The fourth-order valence-electron chi connectivity index (χ4n) is 1.57. The van der Waals surface area contributed by atoms with Crippen molar-refractivity contribution in [2.45, 2.75) is 32.2 Å². The van der Waals surface area contributed by atoms with Crippen LogP contribution in [-0.2, 0) is 9.53 Å². The summed E-state index contributed by atoms with van der Waals surface area (Å²) in [5.74, 6) is 0.272. The molecular weight excluding hydrogens is 166 g/mol. The van der Waals surface area contributed by atoms with Gasteiger partial charge >= 0.3 is 5.97 Å². The Kier molecular flexibility index (Phi) is 3.96. The second-order valence-electron chi connectivity index (χ2n) is 3.40. The second-order valence-corrected chi connectivity index (χ2v) is 3.40. The molecule has 0 spiro atoms. The molecule has 0 aromatic rings. The smallest absolute Gasteiger partial charge is 0.322 e. The van der Waals surface area contributed by atoms with Crippen molar-refractivity contribution < 1.29 is 9.53 Å². The molecule has 0 amide bonds. The molecule has 0 aromatic heterocycles. The lowest BCUT2D eigenvalue weighted by molar-refractivity contribution is -0.145. The average Bonchev–Trinajstić information content (AvgIpc) is 2.57. The number of hydrogen-bond acceptors (Lipinski definition) is 3. The van der Waals surface area contributed by atoms with E-state index in [0.717, 1.165) is 19.3 Å². The molecule has 0 saturated carbocycles. The van der Waals surface area contributed by atoms with Gasteiger partial charge in [0, 0.05) is 0 Å². The molecule has 3 nitrogen and oxygen atoms in total. The Morgan fingerprint density at radius 1 is 1.62 bits per heavy atom. The van der Waals surface area contributed by atoms with Crippen LogP contribution >= 0.6 is 0 Å². The van der Waals surface area contributed by atoms with E-state index in [-0.39, 0.29) is 5.97 Å². The van der Waals surface area contributed by atoms with E-state index in [1.165, 1.54) is 0 Å². The molecule has 0 aromatic carbocycles. The number of carbonyl (C=O) groups is 1. The minimum absolute atomic E-state index is 0.269. The van der Waals surface area contributed by atoms with Gasteiger partial charge in [0.25, 0.3) is 0 Å². The van der Waals surface area contributed by atoms with Crippen molar-refractivity contribution in [3.63, 3.8) is 0 Å². The number of allylic oxidation sites excluding steroid dienone is 2. The van der Waals surface area contributed by atoms with Crippen LogP contribution in [0.3, 0.4) is 0 Å². The predicted octanol–water partition coefficient (Wildman–Crippen LogP) is 1.23. The zero-order chi connectivity index (χ0) is 9.68. The maximum atomic E-state index is 11.2. The summed E-state index contributed by atoms with van der Waals surface area (Å²) in [6.45, 7) is 2.21. The molecule has 1 atom stereocenters. The van der Waals surface area contributed by atoms with Crippen LogP contribution in [0.4, 0.5) is 0 Å². The van der Waals surface area contributed by atoms with Gasteiger partial charge in [-0.3, -0.25) is 4.79 Å². The summed E-state index contributed by atoms with van der Waals surface area (Å²) in [4.78, 5) is 11.2. The van der Waals surface area contributed by atoms with Gasteiger partial charge in [0.05, 0.1) is 6.61 Å². The van der Waals surface area contributed by atoms with Gasteiger partial charge in [-0.2, -0.15) is 0 Å². The molecular formula is C10H17NO2. The Morgan fingerprint density at radius 3 is 2.77 bits per heavy atom. The van der Waals surface area contributed by atoms with Gasteiger partial charge < -0.3 is 10.5 Å². The van der Waals surface area contributed by atoms with E-state index in [1.54, 1.807) is 6.92 Å². The molecule has 0 heterocycles. The Balaban J connectivity index is 2.23. The lowest BCUT2D eigenvalue weighted by Gasteiger charge is -2.14. The predicted molar refractivity (Wildman–Crippen MR) is 51.1 cm³/mol. The molecule has 3 heteroatoms. The van der Waals surface area contributed by atoms with Gasteiger partial charge in [0.2, 0.25) is 0 Å². The molecule has 2 N–H and O–H groups in total. The number of esters is 1. The minimum atomic E-state index is -0.440. The normalized spacial score (nSPS) is 18.9. The molecule has 0 fully saturated rings. The van der Waals surface area contributed by atoms with Gasteiger partial charge in [-0.1, -0.05) is 12.2 Å². The van der Waals surface area contributed by atoms with Crippen molar-refractivity contribution >= 4 is 5.97 Å². The van der Waals surface area contributed by atoms with Gasteiger partial charge in [0.15, 0.2) is 0 Å². The highest BCUT2D eigenvalue weighted by Gasteiger charge is 2.20. The SMILES string of the molecule is CCOC(=O)C(N)CC1CC=CC1. The van der Waals surface area contributed by atoms with Crippen LogP contribution in [0, 0.1) is 5.92 Å². The molecule has 0 saturated heterocycles. The van der Waals surface area contributed by atoms with Crippen LogP contribution in [0.2, 0.25) is 0 Å². The molecule has 1 aliphatic rings. The lowest BCUT2D eigenvalue weighted by Crippen LogP contribution is -2.34. The first-order valence-electron chi connectivity index (χ1n) is 4.81. The van der Waals surface area contributed by atoms with Crippen molar-refractivity contribution in [1.82, 2.24) is 0 Å². The first-order chi connectivity index (χ1) is 6.24. The molecule has 1 rings (SSSR count). The highest BCUT2D eigenvalue weighted by atomic mass is 16.5. The molecule has 0 radical (unpaired) electrons. The summed E-state index contributed by atoms with van der Waals surface area (Å²) < 4.78 is 4.83. The third kappa shape index (κ3) is 3.19. The number of rotatable bonds is 4. The van der Waals surface area contributed by atoms with Crippen molar-refractivity contribution in [2.75, 3.05) is 6.61 Å². The molecule has 74 valence electrons. The highest BCUT2D eigenvalue weighted by Crippen LogP contribution is 2.22. The monoisotopic (exact) mass is 183 g/mol. The second kappa shape index (κ2) is 5.02. The summed E-state index contributed by atoms with van der Waals surface area (Å²) in [6.07, 6.45) is 7.12. The summed E-state index contributed by atoms with van der Waals surface area (Å²) in [5, 5.41) is 0. The van der Waals surface area contributed by atoms with E-state index in [9.17, 15) is 4.79 Å². The average molecular weight is 183 g/mol. The standard InChI is InChI=1S/C10H17NO2/c1-2-13-10(12)9(11)7-8-5-3-4-6-8/h3-4,8-9H,2,5-7,11H2,1H3. The zero-order valence-corrected chi connectivity index (χ0v) is 8.03. The Labute approximate surface area is 78.9 Å². The first kappa shape index (κ1) is 10.3. The molecule has 13 heavy (non-hydrogen) atoms. The summed E-state index contributed by atoms with van der Waals surface area (Å²) >= 11 is 0. The zero-order valence-electron chi connectivity index (χ0n) is 8.03. The Morgan fingerprint density at radius 2 is 2.23 bits per heavy atom. The van der Waals surface area contributed by atoms with Crippen LogP contribution in [0.15, 0.2) is 12.2 Å². The number of hydrogen-bond donors (Lipinski definition) is 1. The van der Waals surface area contributed by atoms with E-state index in [4.69, 9.17) is 10.5 Å². The van der Waals surface area contributed by atoms with Gasteiger partial charge in [0.1, 0.15) is 6.04 Å². The van der Waals surface area contributed by atoms with Crippen LogP contribution < -0.4 is 5.73 Å². The van der Waals surface area contributed by atoms with Gasteiger partial charge in [-0.15, -0.1) is 0 Å². The van der Waals surface area contributed by atoms with Crippen LogP contribution in [0.5, 0.6) is 0 Å². The van der Waals surface area contributed by atoms with Crippen LogP contribution in [0.25, 0.3) is 0 Å². The first-order valence-corrected chi connectivity index (χ1v) is 4.81. The van der Waals surface area contributed by atoms with Crippen molar-refractivity contribution in [3.8, 4) is 0 Å². The Bertz CT molecular complexity index is 193. The number of ether oxygens (including phenoxy) is 1. The summed E-state index contributed by atoms with van der Waals surface area (Å²) in [5.41, 5.74) is 5.68. The van der Waals surface area contributed by atoms with E-state index >= 15 is 0 Å². The van der Waals surface area contributed by atoms with Gasteiger partial charge in [-0.05, 0) is 32.1 Å². The fraction of sp³-hybridized carbons (Fsp3) is 0.700. The van der Waals surface area contributed by atoms with Crippen molar-refractivity contribution in [1.29, 1.82) is 0 Å². The maximum absolute atomic E-state index is 11.2. The summed E-state index contributed by atoms with van der Waals surface area (Å²) in [6, 6.07) is -0.440. The van der Waals surface area contributed by atoms with Crippen LogP contribution in [0.1, 0.15) is 26.2 Å². The van der Waals surface area contributed by atoms with E-state index < -0.39 is 6.04 Å². The van der Waals surface area contributed by atoms with E-state index in [2.05, 4.69) is 12.2 Å². The number of carbonyl (C=O) groups excluding carboxylic acids is 1. The fourth-order valence-corrected chi connectivity index (χ4v) is 1.57. The quantitative estimate of drug-likeness (QED) is 0.527. The minimum Gasteiger partial charge on any atom is -0.465 e. The van der Waals surface area contributed by atoms with Crippen molar-refractivity contribution in [3.05, 3.63) is 12.2 Å². The third-order valence-electron chi connectivity index (χ3n) is 2.28. The topological polar surface area (TPSA) is 52.3 Å². The molecule has 1 aliphatic carbocycles. The van der Waals surface area contributed by atoms with Crippen LogP contribution in [-0.4, -0.2) is 18.6 Å². The number of nitrogens with two attached hydrogens (primary N) is 1. The third-order valence-corrected chi connectivity index (χ3v) is 2.28. The highest BCUT2D eigenvalue weighted by molar-refractivity contribution is 5.75. The van der Waals surface area contributed by atoms with E-state index in [0.29, 0.717) is 12.5 Å². The Hall–Kier alpha value is -0.830. The maximum Gasteiger partial charge on any atom is 0.322 e. The molecule has 0 aliphatic heterocycles. The van der Waals surface area contributed by atoms with Crippen molar-refractivity contribution in [2.24, 2.45) is 11.7 Å². The van der Waals surface area contributed by atoms with Gasteiger partial charge in [-0.25, -0.2) is 0 Å². The largest absolute Gasteiger partial charge is 0.465 e. The van der Waals surface area contributed by atoms with E-state index in [1.807, 2.05) is 0 Å². The lowest BCUT2D eigenvalue weighted by atomic mass is 9.98. The molecule has 1 unspecified atom stereocenters.